The van der Waals surface area contributed by atoms with E-state index in [2.05, 4.69) is 10.1 Å². The second kappa shape index (κ2) is 8.05. The normalized spacial score (nSPS) is 18.1. The number of nitrogens with zero attached hydrogens (tertiary/aromatic N) is 1. The summed E-state index contributed by atoms with van der Waals surface area (Å²) >= 11 is 0. The summed E-state index contributed by atoms with van der Waals surface area (Å²) in [4.78, 5) is 24.9. The molecule has 1 aromatic rings. The predicted octanol–water partition coefficient (Wildman–Crippen LogP) is 3.37. The van der Waals surface area contributed by atoms with E-state index in [1.165, 1.54) is 18.2 Å². The lowest BCUT2D eigenvalue weighted by Gasteiger charge is -2.33. The molecule has 0 aliphatic carbocycles. The van der Waals surface area contributed by atoms with Crippen LogP contribution in [0.1, 0.15) is 12.8 Å². The molecule has 1 N–H and O–H groups in total. The number of carbonyl (C=O) groups excluding carboxylic acids is 2. The van der Waals surface area contributed by atoms with Crippen molar-refractivity contribution in [3.63, 3.8) is 0 Å². The third-order valence-electron chi connectivity index (χ3n) is 3.86. The molecule has 1 fully saturated rings. The fourth-order valence-corrected chi connectivity index (χ4v) is 2.59. The number of carbonyl (C=O) groups is 2. The van der Waals surface area contributed by atoms with Crippen molar-refractivity contribution in [2.24, 2.45) is 5.92 Å². The Hall–Kier alpha value is -2.46. The number of halogens is 6. The molecule has 0 unspecified atom stereocenters. The van der Waals surface area contributed by atoms with E-state index in [9.17, 15) is 35.9 Å². The standard InChI is InChI=1S/C16H16F6N2O3/c17-15(18,19)9-27-12-5-1-4-11(7-12)23-13(25)14(26)24-6-2-3-10(8-24)16(20,21)22/h1,4-5,7,10H,2-3,6,8-9H2,(H,23,25)/t10-/m1/s1. The van der Waals surface area contributed by atoms with E-state index in [-0.39, 0.29) is 30.8 Å². The molecular formula is C16H16F6N2O3. The lowest BCUT2D eigenvalue weighted by molar-refractivity contribution is -0.188. The van der Waals surface area contributed by atoms with Gasteiger partial charge in [-0.3, -0.25) is 9.59 Å². The number of anilines is 1. The molecule has 27 heavy (non-hydrogen) atoms. The SMILES string of the molecule is O=C(Nc1cccc(OCC(F)(F)F)c1)C(=O)N1CCC[C@@H](C(F)(F)F)C1. The Morgan fingerprint density at radius 3 is 2.52 bits per heavy atom. The van der Waals surface area contributed by atoms with Gasteiger partial charge in [-0.15, -0.1) is 0 Å². The van der Waals surface area contributed by atoms with Crippen LogP contribution in [0.15, 0.2) is 24.3 Å². The van der Waals surface area contributed by atoms with Crippen LogP contribution in [0.5, 0.6) is 5.75 Å². The van der Waals surface area contributed by atoms with Crippen molar-refractivity contribution in [2.75, 3.05) is 25.0 Å². The van der Waals surface area contributed by atoms with E-state index in [1.54, 1.807) is 0 Å². The molecule has 150 valence electrons. The average molecular weight is 398 g/mol. The van der Waals surface area contributed by atoms with Gasteiger partial charge < -0.3 is 15.0 Å². The summed E-state index contributed by atoms with van der Waals surface area (Å²) in [5, 5.41) is 2.16. The molecule has 1 atom stereocenters. The summed E-state index contributed by atoms with van der Waals surface area (Å²) in [6, 6.07) is 4.90. The largest absolute Gasteiger partial charge is 0.484 e. The van der Waals surface area contributed by atoms with Gasteiger partial charge in [0.25, 0.3) is 0 Å². The molecule has 0 saturated carbocycles. The predicted molar refractivity (Wildman–Crippen MR) is 82.0 cm³/mol. The smallest absolute Gasteiger partial charge is 0.422 e. The van der Waals surface area contributed by atoms with Gasteiger partial charge in [-0.2, -0.15) is 26.3 Å². The zero-order valence-corrected chi connectivity index (χ0v) is 13.9. The second-order valence-corrected chi connectivity index (χ2v) is 6.02. The number of amides is 2. The zero-order chi connectivity index (χ0) is 20.2. The molecule has 0 bridgehead atoms. The van der Waals surface area contributed by atoms with Crippen LogP contribution >= 0.6 is 0 Å². The van der Waals surface area contributed by atoms with Crippen molar-refractivity contribution >= 4 is 17.5 Å². The Morgan fingerprint density at radius 2 is 1.89 bits per heavy atom. The molecule has 11 heteroatoms. The Bertz CT molecular complexity index is 689. The third-order valence-corrected chi connectivity index (χ3v) is 3.86. The van der Waals surface area contributed by atoms with E-state index in [0.29, 0.717) is 0 Å². The van der Waals surface area contributed by atoms with E-state index >= 15 is 0 Å². The summed E-state index contributed by atoms with van der Waals surface area (Å²) in [5.41, 5.74) is -0.0163. The molecular weight excluding hydrogens is 382 g/mol. The van der Waals surface area contributed by atoms with Crippen molar-refractivity contribution in [3.05, 3.63) is 24.3 Å². The van der Waals surface area contributed by atoms with Crippen LogP contribution in [-0.4, -0.2) is 48.8 Å². The van der Waals surface area contributed by atoms with Gasteiger partial charge in [0.1, 0.15) is 5.75 Å². The first-order chi connectivity index (χ1) is 12.5. The Balaban J connectivity index is 1.97. The first-order valence-electron chi connectivity index (χ1n) is 7.92. The van der Waals surface area contributed by atoms with Crippen molar-refractivity contribution in [2.45, 2.75) is 25.2 Å². The number of benzene rings is 1. The Kier molecular flexibility index (Phi) is 6.22. The van der Waals surface area contributed by atoms with Gasteiger partial charge in [0.2, 0.25) is 0 Å². The van der Waals surface area contributed by atoms with Gasteiger partial charge >= 0.3 is 24.2 Å². The monoisotopic (exact) mass is 398 g/mol. The molecule has 0 aromatic heterocycles. The van der Waals surface area contributed by atoms with Gasteiger partial charge in [-0.1, -0.05) is 6.07 Å². The highest BCUT2D eigenvalue weighted by molar-refractivity contribution is 6.39. The molecule has 1 heterocycles. The van der Waals surface area contributed by atoms with Crippen LogP contribution in [-0.2, 0) is 9.59 Å². The van der Waals surface area contributed by atoms with Crippen molar-refractivity contribution < 1.29 is 40.7 Å². The van der Waals surface area contributed by atoms with Crippen molar-refractivity contribution in [1.82, 2.24) is 4.90 Å². The summed E-state index contributed by atoms with van der Waals surface area (Å²) in [6.45, 7) is -2.12. The van der Waals surface area contributed by atoms with Crippen LogP contribution in [0.2, 0.25) is 0 Å². The van der Waals surface area contributed by atoms with Gasteiger partial charge in [0, 0.05) is 24.8 Å². The molecule has 0 spiro atoms. The van der Waals surface area contributed by atoms with Crippen LogP contribution in [0.25, 0.3) is 0 Å². The van der Waals surface area contributed by atoms with Gasteiger partial charge in [-0.25, -0.2) is 0 Å². The van der Waals surface area contributed by atoms with E-state index < -0.39 is 43.2 Å². The Labute approximate surface area is 150 Å². The van der Waals surface area contributed by atoms with E-state index in [0.717, 1.165) is 11.0 Å². The van der Waals surface area contributed by atoms with Crippen molar-refractivity contribution in [3.8, 4) is 5.75 Å². The summed E-state index contributed by atoms with van der Waals surface area (Å²) < 4.78 is 79.4. The molecule has 1 aliphatic rings. The molecule has 1 aliphatic heterocycles. The minimum absolute atomic E-state index is 0.0163. The topological polar surface area (TPSA) is 58.6 Å². The summed E-state index contributed by atoms with van der Waals surface area (Å²) in [5.74, 6) is -4.19. The first-order valence-corrected chi connectivity index (χ1v) is 7.92. The highest BCUT2D eigenvalue weighted by Gasteiger charge is 2.43. The number of likely N-dealkylation sites (tertiary alicyclic amines) is 1. The van der Waals surface area contributed by atoms with Crippen LogP contribution in [0, 0.1) is 5.92 Å². The maximum absolute atomic E-state index is 12.8. The number of hydrogen-bond acceptors (Lipinski definition) is 3. The number of ether oxygens (including phenoxy) is 1. The molecule has 2 rings (SSSR count). The molecule has 1 saturated heterocycles. The van der Waals surface area contributed by atoms with Gasteiger partial charge in [0.15, 0.2) is 6.61 Å². The lowest BCUT2D eigenvalue weighted by atomic mass is 9.97. The van der Waals surface area contributed by atoms with Crippen molar-refractivity contribution in [1.29, 1.82) is 0 Å². The number of piperidine rings is 1. The number of alkyl halides is 6. The zero-order valence-electron chi connectivity index (χ0n) is 13.9. The fourth-order valence-electron chi connectivity index (χ4n) is 2.59. The highest BCUT2D eigenvalue weighted by atomic mass is 19.4. The quantitative estimate of drug-likeness (QED) is 0.628. The maximum Gasteiger partial charge on any atom is 0.422 e. The van der Waals surface area contributed by atoms with E-state index in [1.807, 2.05) is 0 Å². The van der Waals surface area contributed by atoms with E-state index in [4.69, 9.17) is 0 Å². The third kappa shape index (κ3) is 6.33. The maximum atomic E-state index is 12.8. The van der Waals surface area contributed by atoms with Gasteiger partial charge in [0.05, 0.1) is 5.92 Å². The molecule has 1 aromatic carbocycles. The second-order valence-electron chi connectivity index (χ2n) is 6.02. The number of hydrogen-bond donors (Lipinski definition) is 1. The number of rotatable bonds is 3. The fraction of sp³-hybridized carbons (Fsp3) is 0.500. The van der Waals surface area contributed by atoms with Crippen LogP contribution < -0.4 is 10.1 Å². The molecule has 5 nitrogen and oxygen atoms in total. The highest BCUT2D eigenvalue weighted by Crippen LogP contribution is 2.33. The Morgan fingerprint density at radius 1 is 1.19 bits per heavy atom. The van der Waals surface area contributed by atoms with Crippen LogP contribution in [0.4, 0.5) is 32.0 Å². The minimum Gasteiger partial charge on any atom is -0.484 e. The minimum atomic E-state index is -4.54. The van der Waals surface area contributed by atoms with Crippen LogP contribution in [0.3, 0.4) is 0 Å². The average Bonchev–Trinajstić information content (AvgIpc) is 2.58. The molecule has 0 radical (unpaired) electrons. The first kappa shape index (κ1) is 20.8. The van der Waals surface area contributed by atoms with Gasteiger partial charge in [-0.05, 0) is 25.0 Å². The summed E-state index contributed by atoms with van der Waals surface area (Å²) in [7, 11) is 0. The summed E-state index contributed by atoms with van der Waals surface area (Å²) in [6.07, 6.45) is -9.00. The lowest BCUT2D eigenvalue weighted by Crippen LogP contribution is -2.48. The molecule has 2 amide bonds. The number of nitrogens with one attached hydrogen (secondary N) is 1.